The van der Waals surface area contributed by atoms with Crippen molar-refractivity contribution in [3.05, 3.63) is 0 Å². The Labute approximate surface area is 117 Å². The second-order valence-electron chi connectivity index (χ2n) is 5.83. The van der Waals surface area contributed by atoms with Gasteiger partial charge in [-0.15, -0.1) is 0 Å². The zero-order chi connectivity index (χ0) is 14.1. The maximum absolute atomic E-state index is 12.5. The largest absolute Gasteiger partial charge is 0.396 e. The molecule has 1 aliphatic heterocycles. The summed E-state index contributed by atoms with van der Waals surface area (Å²) >= 11 is 0. The number of carbonyl (C=O) groups is 1. The molecule has 1 heterocycles. The highest BCUT2D eigenvalue weighted by Gasteiger charge is 2.40. The number of rotatable bonds is 9. The molecule has 1 saturated heterocycles. The van der Waals surface area contributed by atoms with Gasteiger partial charge in [-0.1, -0.05) is 26.7 Å². The smallest absolute Gasteiger partial charge is 0.227 e. The maximum atomic E-state index is 12.5. The highest BCUT2D eigenvalue weighted by Crippen LogP contribution is 2.31. The van der Waals surface area contributed by atoms with Crippen LogP contribution in [0, 0.1) is 11.3 Å². The van der Waals surface area contributed by atoms with Gasteiger partial charge in [-0.25, -0.2) is 0 Å². The summed E-state index contributed by atoms with van der Waals surface area (Å²) in [7, 11) is 0. The van der Waals surface area contributed by atoms with Gasteiger partial charge in [0.05, 0.1) is 5.41 Å². The van der Waals surface area contributed by atoms with E-state index in [0.717, 1.165) is 51.6 Å². The Hall–Kier alpha value is -0.610. The molecule has 0 saturated carbocycles. The Morgan fingerprint density at radius 3 is 2.68 bits per heavy atom. The zero-order valence-corrected chi connectivity index (χ0v) is 12.5. The minimum atomic E-state index is -0.190. The summed E-state index contributed by atoms with van der Waals surface area (Å²) in [6, 6.07) is 0. The van der Waals surface area contributed by atoms with Gasteiger partial charge in [0.25, 0.3) is 0 Å². The van der Waals surface area contributed by atoms with Crippen LogP contribution in [0.3, 0.4) is 0 Å². The van der Waals surface area contributed by atoms with Crippen LogP contribution in [0.1, 0.15) is 52.4 Å². The summed E-state index contributed by atoms with van der Waals surface area (Å²) in [6.07, 6.45) is 5.91. The monoisotopic (exact) mass is 270 g/mol. The summed E-state index contributed by atoms with van der Waals surface area (Å²) in [5.41, 5.74) is -0.190. The predicted octanol–water partition coefficient (Wildman–Crippen LogP) is 1.68. The molecule has 4 nitrogen and oxygen atoms in total. The van der Waals surface area contributed by atoms with Gasteiger partial charge in [0.15, 0.2) is 0 Å². The van der Waals surface area contributed by atoms with Crippen molar-refractivity contribution in [1.29, 1.82) is 0 Å². The number of hydrogen-bond acceptors (Lipinski definition) is 3. The molecule has 112 valence electrons. The molecule has 2 unspecified atom stereocenters. The van der Waals surface area contributed by atoms with Crippen molar-refractivity contribution in [2.24, 2.45) is 11.3 Å². The number of nitrogens with one attached hydrogen (secondary N) is 2. The normalized spacial score (nSPS) is 24.4. The molecule has 1 aliphatic rings. The van der Waals surface area contributed by atoms with Crippen molar-refractivity contribution in [2.45, 2.75) is 52.4 Å². The Morgan fingerprint density at radius 2 is 2.16 bits per heavy atom. The van der Waals surface area contributed by atoms with E-state index in [2.05, 4.69) is 24.5 Å². The SMILES string of the molecule is CCCC(CCO)CNC(=O)C1(CCC)CCNC1. The van der Waals surface area contributed by atoms with Gasteiger partial charge < -0.3 is 15.7 Å². The van der Waals surface area contributed by atoms with Crippen LogP contribution in [-0.4, -0.2) is 37.3 Å². The van der Waals surface area contributed by atoms with E-state index >= 15 is 0 Å². The van der Waals surface area contributed by atoms with Crippen molar-refractivity contribution in [3.8, 4) is 0 Å². The first kappa shape index (κ1) is 16.4. The van der Waals surface area contributed by atoms with Gasteiger partial charge in [-0.05, 0) is 38.1 Å². The van der Waals surface area contributed by atoms with Crippen molar-refractivity contribution < 1.29 is 9.90 Å². The lowest BCUT2D eigenvalue weighted by Gasteiger charge is -2.27. The number of aliphatic hydroxyl groups is 1. The summed E-state index contributed by atoms with van der Waals surface area (Å²) in [5.74, 6) is 0.616. The lowest BCUT2D eigenvalue weighted by atomic mass is 9.81. The number of aliphatic hydroxyl groups excluding tert-OH is 1. The van der Waals surface area contributed by atoms with E-state index in [9.17, 15) is 4.79 Å². The van der Waals surface area contributed by atoms with Crippen LogP contribution in [0.2, 0.25) is 0 Å². The highest BCUT2D eigenvalue weighted by molar-refractivity contribution is 5.83. The molecule has 0 aliphatic carbocycles. The van der Waals surface area contributed by atoms with Crippen molar-refractivity contribution in [3.63, 3.8) is 0 Å². The lowest BCUT2D eigenvalue weighted by Crippen LogP contribution is -2.44. The van der Waals surface area contributed by atoms with Crippen LogP contribution in [0.5, 0.6) is 0 Å². The topological polar surface area (TPSA) is 61.4 Å². The van der Waals surface area contributed by atoms with E-state index in [1.807, 2.05) is 0 Å². The second kappa shape index (κ2) is 8.54. The van der Waals surface area contributed by atoms with Gasteiger partial charge in [0, 0.05) is 19.7 Å². The fourth-order valence-corrected chi connectivity index (χ4v) is 3.11. The molecular formula is C15H30N2O2. The summed E-state index contributed by atoms with van der Waals surface area (Å²) in [6.45, 7) is 6.96. The predicted molar refractivity (Wildman–Crippen MR) is 77.9 cm³/mol. The average Bonchev–Trinajstić information content (AvgIpc) is 2.86. The third-order valence-corrected chi connectivity index (χ3v) is 4.24. The van der Waals surface area contributed by atoms with E-state index in [-0.39, 0.29) is 17.9 Å². The molecule has 19 heavy (non-hydrogen) atoms. The van der Waals surface area contributed by atoms with Crippen LogP contribution >= 0.6 is 0 Å². The zero-order valence-electron chi connectivity index (χ0n) is 12.5. The first-order valence-corrected chi connectivity index (χ1v) is 7.78. The first-order valence-electron chi connectivity index (χ1n) is 7.78. The number of carbonyl (C=O) groups excluding carboxylic acids is 1. The van der Waals surface area contributed by atoms with Gasteiger partial charge in [0.1, 0.15) is 0 Å². The molecule has 0 aromatic heterocycles. The van der Waals surface area contributed by atoms with Crippen LogP contribution in [-0.2, 0) is 4.79 Å². The molecule has 1 fully saturated rings. The van der Waals surface area contributed by atoms with Gasteiger partial charge in [-0.2, -0.15) is 0 Å². The second-order valence-corrected chi connectivity index (χ2v) is 5.83. The molecule has 4 heteroatoms. The van der Waals surface area contributed by atoms with Gasteiger partial charge in [-0.3, -0.25) is 4.79 Å². The molecule has 0 aromatic rings. The molecule has 0 aromatic carbocycles. The molecule has 0 radical (unpaired) electrons. The standard InChI is InChI=1S/C15H30N2O2/c1-3-5-13(6-10-18)11-17-14(19)15(7-4-2)8-9-16-12-15/h13,16,18H,3-12H2,1-2H3,(H,17,19). The molecule has 1 rings (SSSR count). The first-order chi connectivity index (χ1) is 9.18. The lowest BCUT2D eigenvalue weighted by molar-refractivity contribution is -0.130. The van der Waals surface area contributed by atoms with Crippen molar-refractivity contribution >= 4 is 5.91 Å². The molecule has 2 atom stereocenters. The van der Waals surface area contributed by atoms with Crippen LogP contribution in [0.25, 0.3) is 0 Å². The Kier molecular flexibility index (Phi) is 7.39. The average molecular weight is 270 g/mol. The Morgan fingerprint density at radius 1 is 1.37 bits per heavy atom. The Balaban J connectivity index is 2.47. The van der Waals surface area contributed by atoms with Gasteiger partial charge in [0.2, 0.25) is 5.91 Å². The van der Waals surface area contributed by atoms with Crippen molar-refractivity contribution in [2.75, 3.05) is 26.2 Å². The van der Waals surface area contributed by atoms with Crippen LogP contribution < -0.4 is 10.6 Å². The molecule has 3 N–H and O–H groups in total. The van der Waals surface area contributed by atoms with Crippen molar-refractivity contribution in [1.82, 2.24) is 10.6 Å². The minimum Gasteiger partial charge on any atom is -0.396 e. The van der Waals surface area contributed by atoms with Crippen LogP contribution in [0.15, 0.2) is 0 Å². The third-order valence-electron chi connectivity index (χ3n) is 4.24. The molecule has 0 bridgehead atoms. The molecule has 0 spiro atoms. The molecular weight excluding hydrogens is 240 g/mol. The number of amides is 1. The van der Waals surface area contributed by atoms with Gasteiger partial charge >= 0.3 is 0 Å². The third kappa shape index (κ3) is 4.77. The maximum Gasteiger partial charge on any atom is 0.227 e. The summed E-state index contributed by atoms with van der Waals surface area (Å²) in [4.78, 5) is 12.5. The van der Waals surface area contributed by atoms with E-state index in [0.29, 0.717) is 12.5 Å². The summed E-state index contributed by atoms with van der Waals surface area (Å²) in [5, 5.41) is 15.5. The van der Waals surface area contributed by atoms with E-state index in [1.165, 1.54) is 0 Å². The minimum absolute atomic E-state index is 0.190. The van der Waals surface area contributed by atoms with Crippen LogP contribution in [0.4, 0.5) is 0 Å². The van der Waals surface area contributed by atoms with E-state index in [4.69, 9.17) is 5.11 Å². The van der Waals surface area contributed by atoms with E-state index < -0.39 is 0 Å². The fourth-order valence-electron chi connectivity index (χ4n) is 3.11. The number of hydrogen-bond donors (Lipinski definition) is 3. The highest BCUT2D eigenvalue weighted by atomic mass is 16.3. The Bertz CT molecular complexity index is 257. The van der Waals surface area contributed by atoms with E-state index in [1.54, 1.807) is 0 Å². The fraction of sp³-hybridized carbons (Fsp3) is 0.933. The quantitative estimate of drug-likeness (QED) is 0.597. The molecule has 1 amide bonds. The summed E-state index contributed by atoms with van der Waals surface area (Å²) < 4.78 is 0.